The van der Waals surface area contributed by atoms with Crippen molar-refractivity contribution in [3.63, 3.8) is 0 Å². The fourth-order valence-electron chi connectivity index (χ4n) is 3.43. The summed E-state index contributed by atoms with van der Waals surface area (Å²) in [5, 5.41) is 20.1. The third kappa shape index (κ3) is 3.15. The van der Waals surface area contributed by atoms with Crippen molar-refractivity contribution in [3.05, 3.63) is 21.9 Å². The Labute approximate surface area is 139 Å². The molecular weight excluding hydrogens is 314 g/mol. The lowest BCUT2D eigenvalue weighted by molar-refractivity contribution is -0.163. The maximum Gasteiger partial charge on any atom is 0.314 e. The van der Waals surface area contributed by atoms with E-state index in [2.05, 4.69) is 0 Å². The second-order valence-corrected chi connectivity index (χ2v) is 7.93. The fraction of sp³-hybridized carbons (Fsp3) is 0.647. The predicted molar refractivity (Wildman–Crippen MR) is 87.6 cm³/mol. The number of carbonyl (C=O) groups excluding carboxylic acids is 1. The molecule has 1 aromatic heterocycles. The van der Waals surface area contributed by atoms with Crippen molar-refractivity contribution >= 4 is 23.2 Å². The van der Waals surface area contributed by atoms with Crippen molar-refractivity contribution in [2.24, 2.45) is 11.3 Å². The topological polar surface area (TPSA) is 77.8 Å². The van der Waals surface area contributed by atoms with Crippen molar-refractivity contribution < 1.29 is 19.8 Å². The van der Waals surface area contributed by atoms with Gasteiger partial charge in [0, 0.05) is 18.0 Å². The van der Waals surface area contributed by atoms with Gasteiger partial charge in [-0.2, -0.15) is 0 Å². The summed E-state index contributed by atoms with van der Waals surface area (Å²) >= 11 is 1.47. The first-order valence-corrected chi connectivity index (χ1v) is 9.07. The summed E-state index contributed by atoms with van der Waals surface area (Å²) in [6, 6.07) is 3.77. The van der Waals surface area contributed by atoms with E-state index in [0.717, 1.165) is 24.1 Å². The van der Waals surface area contributed by atoms with Crippen LogP contribution in [-0.4, -0.2) is 46.2 Å². The van der Waals surface area contributed by atoms with Crippen molar-refractivity contribution in [1.82, 2.24) is 4.90 Å². The van der Waals surface area contributed by atoms with Gasteiger partial charge in [-0.05, 0) is 37.3 Å². The van der Waals surface area contributed by atoms with Gasteiger partial charge in [-0.25, -0.2) is 0 Å². The summed E-state index contributed by atoms with van der Waals surface area (Å²) in [6.45, 7) is 2.57. The molecule has 1 amide bonds. The van der Waals surface area contributed by atoms with Gasteiger partial charge in [0.25, 0.3) is 5.91 Å². The summed E-state index contributed by atoms with van der Waals surface area (Å²) in [4.78, 5) is 28.0. The normalized spacial score (nSPS) is 27.9. The number of aryl methyl sites for hydroxylation is 1. The zero-order valence-electron chi connectivity index (χ0n) is 13.3. The Hall–Kier alpha value is -1.40. The number of aliphatic hydroxyl groups excluding tert-OH is 1. The molecule has 1 aliphatic carbocycles. The molecule has 2 aliphatic rings. The quantitative estimate of drug-likeness (QED) is 0.865. The van der Waals surface area contributed by atoms with E-state index in [1.807, 2.05) is 19.1 Å². The molecule has 23 heavy (non-hydrogen) atoms. The highest BCUT2D eigenvalue weighted by atomic mass is 32.1. The minimum Gasteiger partial charge on any atom is -0.481 e. The van der Waals surface area contributed by atoms with Crippen LogP contribution >= 0.6 is 11.3 Å². The number of amides is 1. The summed E-state index contributed by atoms with van der Waals surface area (Å²) in [7, 11) is 0. The Kier molecular flexibility index (Phi) is 4.47. The lowest BCUT2D eigenvalue weighted by atomic mass is 9.73. The average Bonchev–Trinajstić information content (AvgIpc) is 3.21. The summed E-state index contributed by atoms with van der Waals surface area (Å²) in [6.07, 6.45) is 2.87. The number of likely N-dealkylation sites (tertiary alicyclic amines) is 1. The van der Waals surface area contributed by atoms with Gasteiger partial charge >= 0.3 is 5.97 Å². The molecule has 1 aliphatic heterocycles. The number of hydrogen-bond acceptors (Lipinski definition) is 4. The highest BCUT2D eigenvalue weighted by molar-refractivity contribution is 7.14. The second-order valence-electron chi connectivity index (χ2n) is 6.76. The first-order chi connectivity index (χ1) is 11.0. The number of nitrogens with zero attached hydrogens (tertiary/aromatic N) is 1. The van der Waals surface area contributed by atoms with Gasteiger partial charge < -0.3 is 15.1 Å². The first-order valence-electron chi connectivity index (χ1n) is 8.25. The zero-order chi connectivity index (χ0) is 16.6. The number of carboxylic acids is 1. The lowest BCUT2D eigenvalue weighted by Gasteiger charge is -2.43. The van der Waals surface area contributed by atoms with Crippen molar-refractivity contribution in [2.45, 2.75) is 45.1 Å². The van der Waals surface area contributed by atoms with Gasteiger partial charge in [-0.15, -0.1) is 11.3 Å². The number of carboxylic acid groups (broad SMARTS) is 1. The Morgan fingerprint density at radius 1 is 1.35 bits per heavy atom. The number of carbonyl (C=O) groups is 2. The monoisotopic (exact) mass is 337 g/mol. The molecule has 1 saturated carbocycles. The molecule has 0 radical (unpaired) electrons. The summed E-state index contributed by atoms with van der Waals surface area (Å²) < 4.78 is 0. The Balaban J connectivity index is 1.80. The molecule has 6 heteroatoms. The zero-order valence-corrected chi connectivity index (χ0v) is 14.1. The van der Waals surface area contributed by atoms with Crippen LogP contribution < -0.4 is 0 Å². The highest BCUT2D eigenvalue weighted by Crippen LogP contribution is 2.45. The summed E-state index contributed by atoms with van der Waals surface area (Å²) in [5.41, 5.74) is -1.21. The van der Waals surface area contributed by atoms with Crippen LogP contribution in [0.5, 0.6) is 0 Å². The van der Waals surface area contributed by atoms with Crippen LogP contribution in [0, 0.1) is 11.3 Å². The minimum atomic E-state index is -1.21. The van der Waals surface area contributed by atoms with Crippen LogP contribution in [0.1, 0.15) is 47.2 Å². The van der Waals surface area contributed by atoms with E-state index < -0.39 is 17.5 Å². The molecule has 0 spiro atoms. The molecule has 126 valence electrons. The molecule has 2 N–H and O–H groups in total. The smallest absolute Gasteiger partial charge is 0.314 e. The third-order valence-corrected chi connectivity index (χ3v) is 6.28. The molecule has 2 fully saturated rings. The van der Waals surface area contributed by atoms with E-state index >= 15 is 0 Å². The van der Waals surface area contributed by atoms with Crippen molar-refractivity contribution in [1.29, 1.82) is 0 Å². The second kappa shape index (κ2) is 6.24. The maximum atomic E-state index is 12.7. The minimum absolute atomic E-state index is 0.108. The molecule has 1 aromatic rings. The first kappa shape index (κ1) is 16.5. The van der Waals surface area contributed by atoms with Gasteiger partial charge in [-0.1, -0.05) is 19.8 Å². The molecule has 2 heterocycles. The third-order valence-electron chi connectivity index (χ3n) is 5.07. The molecule has 0 bridgehead atoms. The molecule has 0 aromatic carbocycles. The number of piperidine rings is 1. The van der Waals surface area contributed by atoms with E-state index in [9.17, 15) is 19.8 Å². The number of aliphatic carboxylic acids is 1. The number of thiophene rings is 1. The van der Waals surface area contributed by atoms with Crippen LogP contribution in [0.25, 0.3) is 0 Å². The SMILES string of the molecule is CCc1ccc(C(=O)N2CC[C@@H](O)[C@](CC3CC3)(C(=O)O)C2)s1. The summed E-state index contributed by atoms with van der Waals surface area (Å²) in [5.74, 6) is -0.706. The molecule has 1 saturated heterocycles. The largest absolute Gasteiger partial charge is 0.481 e. The van der Waals surface area contributed by atoms with Crippen molar-refractivity contribution in [3.8, 4) is 0 Å². The molecule has 3 rings (SSSR count). The van der Waals surface area contributed by atoms with Crippen molar-refractivity contribution in [2.75, 3.05) is 13.1 Å². The van der Waals surface area contributed by atoms with Gasteiger partial charge in [0.05, 0.1) is 11.0 Å². The van der Waals surface area contributed by atoms with Crippen LogP contribution in [0.4, 0.5) is 0 Å². The number of rotatable bonds is 5. The highest BCUT2D eigenvalue weighted by Gasteiger charge is 2.52. The number of aliphatic hydroxyl groups is 1. The van der Waals surface area contributed by atoms with Gasteiger partial charge in [0.15, 0.2) is 0 Å². The standard InChI is InChI=1S/C17H23NO4S/c1-2-12-5-6-13(23-12)15(20)18-8-7-14(19)17(10-18,16(21)22)9-11-3-4-11/h5-6,11,14,19H,2-4,7-10H2,1H3,(H,21,22)/t14-,17-/m1/s1. The lowest BCUT2D eigenvalue weighted by Crippen LogP contribution is -2.57. The van der Waals surface area contributed by atoms with Crippen LogP contribution in [0.15, 0.2) is 12.1 Å². The van der Waals surface area contributed by atoms with E-state index in [1.165, 1.54) is 11.3 Å². The van der Waals surface area contributed by atoms with Gasteiger partial charge in [-0.3, -0.25) is 9.59 Å². The van der Waals surface area contributed by atoms with E-state index in [4.69, 9.17) is 0 Å². The Bertz CT molecular complexity index is 609. The van der Waals surface area contributed by atoms with Crippen LogP contribution in [-0.2, 0) is 11.2 Å². The van der Waals surface area contributed by atoms with E-state index in [1.54, 1.807) is 4.90 Å². The fourth-order valence-corrected chi connectivity index (χ4v) is 4.34. The van der Waals surface area contributed by atoms with E-state index in [-0.39, 0.29) is 12.5 Å². The maximum absolute atomic E-state index is 12.7. The molecular formula is C17H23NO4S. The average molecular weight is 337 g/mol. The predicted octanol–water partition coefficient (Wildman–Crippen LogP) is 2.39. The Morgan fingerprint density at radius 2 is 2.09 bits per heavy atom. The van der Waals surface area contributed by atoms with Crippen LogP contribution in [0.3, 0.4) is 0 Å². The number of hydrogen-bond donors (Lipinski definition) is 2. The molecule has 5 nitrogen and oxygen atoms in total. The Morgan fingerprint density at radius 3 is 2.65 bits per heavy atom. The molecule has 2 atom stereocenters. The van der Waals surface area contributed by atoms with Gasteiger partial charge in [0.1, 0.15) is 5.41 Å². The van der Waals surface area contributed by atoms with Crippen LogP contribution in [0.2, 0.25) is 0 Å². The van der Waals surface area contributed by atoms with Gasteiger partial charge in [0.2, 0.25) is 0 Å². The van der Waals surface area contributed by atoms with E-state index in [0.29, 0.717) is 30.2 Å². The molecule has 0 unspecified atom stereocenters.